The van der Waals surface area contributed by atoms with Gasteiger partial charge in [-0.05, 0) is 92.2 Å². The Balaban J connectivity index is 1.97. The summed E-state index contributed by atoms with van der Waals surface area (Å²) in [5, 5.41) is 0. The van der Waals surface area contributed by atoms with Gasteiger partial charge in [-0.2, -0.15) is 0 Å². The first-order valence-corrected chi connectivity index (χ1v) is 9.10. The van der Waals surface area contributed by atoms with Gasteiger partial charge in [0, 0.05) is 32.4 Å². The fraction of sp³-hybridized carbons (Fsp3) is 0.190. The average molecular weight is 428 g/mol. The molecule has 0 aliphatic rings. The van der Waals surface area contributed by atoms with Crippen molar-refractivity contribution in [2.24, 2.45) is 4.99 Å². The van der Waals surface area contributed by atoms with Crippen LogP contribution in [0.2, 0.25) is 0 Å². The second-order valence-electron chi connectivity index (χ2n) is 6.19. The van der Waals surface area contributed by atoms with Gasteiger partial charge in [0.1, 0.15) is 0 Å². The van der Waals surface area contributed by atoms with Crippen molar-refractivity contribution in [2.45, 2.75) is 27.7 Å². The van der Waals surface area contributed by atoms with Gasteiger partial charge in [-0.3, -0.25) is 4.99 Å². The number of rotatable bonds is 3. The molecule has 0 spiro atoms. The summed E-state index contributed by atoms with van der Waals surface area (Å²) in [6.45, 7) is 8.53. The van der Waals surface area contributed by atoms with Crippen LogP contribution in [0, 0.1) is 31.3 Å². The first-order chi connectivity index (χ1) is 11.5. The molecule has 0 radical (unpaired) electrons. The first-order valence-electron chi connectivity index (χ1n) is 8.02. The molecule has 2 aromatic carbocycles. The van der Waals surface area contributed by atoms with Crippen molar-refractivity contribution in [1.82, 2.24) is 4.57 Å². The zero-order chi connectivity index (χ0) is 17.3. The van der Waals surface area contributed by atoms with Gasteiger partial charge in [-0.15, -0.1) is 0 Å². The van der Waals surface area contributed by atoms with Gasteiger partial charge in [0.05, 0.1) is 5.69 Å². The van der Waals surface area contributed by atoms with Gasteiger partial charge in [-0.25, -0.2) is 0 Å². The number of aromatic nitrogens is 1. The molecule has 0 saturated heterocycles. The minimum absolute atomic E-state index is 0.982. The molecule has 0 fully saturated rings. The highest BCUT2D eigenvalue weighted by atomic mass is 127. The molecule has 0 aliphatic heterocycles. The molecule has 3 heteroatoms. The van der Waals surface area contributed by atoms with E-state index in [0.717, 1.165) is 11.3 Å². The van der Waals surface area contributed by atoms with Crippen LogP contribution in [0.25, 0.3) is 5.69 Å². The number of hydrogen-bond donors (Lipinski definition) is 0. The van der Waals surface area contributed by atoms with E-state index in [9.17, 15) is 0 Å². The zero-order valence-electron chi connectivity index (χ0n) is 14.5. The predicted octanol–water partition coefficient (Wildman–Crippen LogP) is 6.07. The Morgan fingerprint density at radius 3 is 2.29 bits per heavy atom. The van der Waals surface area contributed by atoms with Crippen molar-refractivity contribution in [3.05, 3.63) is 80.2 Å². The normalized spacial score (nSPS) is 11.4. The Bertz CT molecular complexity index is 902. The molecule has 3 rings (SSSR count). The fourth-order valence-electron chi connectivity index (χ4n) is 2.86. The molecule has 24 heavy (non-hydrogen) atoms. The van der Waals surface area contributed by atoms with Crippen LogP contribution in [-0.4, -0.2) is 10.8 Å². The largest absolute Gasteiger partial charge is 0.318 e. The Morgan fingerprint density at radius 2 is 1.62 bits per heavy atom. The van der Waals surface area contributed by atoms with E-state index < -0.39 is 0 Å². The van der Waals surface area contributed by atoms with E-state index >= 15 is 0 Å². The minimum atomic E-state index is 0.982. The monoisotopic (exact) mass is 428 g/mol. The van der Waals surface area contributed by atoms with E-state index in [0.29, 0.717) is 0 Å². The van der Waals surface area contributed by atoms with Crippen LogP contribution in [-0.2, 0) is 0 Å². The van der Waals surface area contributed by atoms with Crippen LogP contribution in [0.5, 0.6) is 0 Å². The van der Waals surface area contributed by atoms with Gasteiger partial charge in [-0.1, -0.05) is 17.7 Å². The number of aryl methyl sites for hydroxylation is 3. The maximum atomic E-state index is 4.62. The summed E-state index contributed by atoms with van der Waals surface area (Å²) in [6, 6.07) is 17.1. The highest BCUT2D eigenvalue weighted by Gasteiger charge is 2.10. The van der Waals surface area contributed by atoms with E-state index in [1.165, 1.54) is 31.8 Å². The van der Waals surface area contributed by atoms with Crippen LogP contribution >= 0.6 is 22.6 Å². The lowest BCUT2D eigenvalue weighted by atomic mass is 10.2. The third-order valence-electron chi connectivity index (χ3n) is 4.26. The van der Waals surface area contributed by atoms with E-state index in [1.807, 2.05) is 18.3 Å². The average Bonchev–Trinajstić information content (AvgIpc) is 2.84. The third-order valence-corrected chi connectivity index (χ3v) is 5.47. The maximum Gasteiger partial charge on any atom is 0.0630 e. The van der Waals surface area contributed by atoms with Crippen molar-refractivity contribution >= 4 is 34.5 Å². The molecule has 1 heterocycles. The highest BCUT2D eigenvalue weighted by Crippen LogP contribution is 2.23. The highest BCUT2D eigenvalue weighted by molar-refractivity contribution is 14.1. The molecule has 1 aromatic heterocycles. The fourth-order valence-corrected chi connectivity index (χ4v) is 3.19. The van der Waals surface area contributed by atoms with E-state index in [2.05, 4.69) is 96.2 Å². The second-order valence-corrected chi connectivity index (χ2v) is 7.35. The summed E-state index contributed by atoms with van der Waals surface area (Å²) < 4.78 is 3.58. The Kier molecular flexibility index (Phi) is 4.90. The van der Waals surface area contributed by atoms with E-state index in [1.54, 1.807) is 0 Å². The number of hydrogen-bond acceptors (Lipinski definition) is 1. The Morgan fingerprint density at radius 1 is 0.917 bits per heavy atom. The molecule has 0 unspecified atom stereocenters. The smallest absolute Gasteiger partial charge is 0.0630 e. The molecule has 0 amide bonds. The second kappa shape index (κ2) is 6.93. The minimum Gasteiger partial charge on any atom is -0.318 e. The standard InChI is InChI=1S/C21H21IN2/c1-14-5-7-19(8-6-14)23-13-18-12-16(3)24(17(18)4)20-9-10-21(22)15(2)11-20/h5-13H,1-4H3. The van der Waals surface area contributed by atoms with Crippen LogP contribution in [0.3, 0.4) is 0 Å². The van der Waals surface area contributed by atoms with E-state index in [-0.39, 0.29) is 0 Å². The Hall–Kier alpha value is -1.88. The quantitative estimate of drug-likeness (QED) is 0.356. The third kappa shape index (κ3) is 3.46. The van der Waals surface area contributed by atoms with Crippen LogP contribution in [0.4, 0.5) is 5.69 Å². The molecule has 0 atom stereocenters. The topological polar surface area (TPSA) is 17.3 Å². The van der Waals surface area contributed by atoms with Crippen LogP contribution in [0.1, 0.15) is 28.1 Å². The molecule has 0 saturated carbocycles. The molecule has 0 bridgehead atoms. The maximum absolute atomic E-state index is 4.62. The van der Waals surface area contributed by atoms with Gasteiger partial charge >= 0.3 is 0 Å². The van der Waals surface area contributed by atoms with Crippen LogP contribution < -0.4 is 0 Å². The van der Waals surface area contributed by atoms with Crippen molar-refractivity contribution in [3.63, 3.8) is 0 Å². The Labute approximate surface area is 157 Å². The predicted molar refractivity (Wildman–Crippen MR) is 111 cm³/mol. The lowest BCUT2D eigenvalue weighted by Crippen LogP contribution is -2.00. The number of aliphatic imine (C=N–C) groups is 1. The molecule has 0 N–H and O–H groups in total. The summed E-state index contributed by atoms with van der Waals surface area (Å²) in [4.78, 5) is 4.62. The molecule has 0 aliphatic carbocycles. The van der Waals surface area contributed by atoms with Gasteiger partial charge < -0.3 is 4.57 Å². The van der Waals surface area contributed by atoms with E-state index in [4.69, 9.17) is 0 Å². The van der Waals surface area contributed by atoms with Crippen molar-refractivity contribution < 1.29 is 0 Å². The number of nitrogens with zero attached hydrogens (tertiary/aromatic N) is 2. The molecule has 2 nitrogen and oxygen atoms in total. The number of halogens is 1. The lowest BCUT2D eigenvalue weighted by Gasteiger charge is -2.11. The summed E-state index contributed by atoms with van der Waals surface area (Å²) in [5.41, 5.74) is 8.33. The van der Waals surface area contributed by atoms with Gasteiger partial charge in [0.25, 0.3) is 0 Å². The molecular weight excluding hydrogens is 407 g/mol. The van der Waals surface area contributed by atoms with Crippen LogP contribution in [0.15, 0.2) is 53.5 Å². The SMILES string of the molecule is Cc1ccc(N=Cc2cc(C)n(-c3ccc(I)c(C)c3)c2C)cc1. The summed E-state index contributed by atoms with van der Waals surface area (Å²) in [5.74, 6) is 0. The molecular formula is C21H21IN2. The molecule has 122 valence electrons. The zero-order valence-corrected chi connectivity index (χ0v) is 16.6. The summed E-state index contributed by atoms with van der Waals surface area (Å²) in [6.07, 6.45) is 1.96. The van der Waals surface area contributed by atoms with Crippen molar-refractivity contribution in [1.29, 1.82) is 0 Å². The van der Waals surface area contributed by atoms with Gasteiger partial charge in [0.2, 0.25) is 0 Å². The number of benzene rings is 2. The van der Waals surface area contributed by atoms with Crippen molar-refractivity contribution in [2.75, 3.05) is 0 Å². The lowest BCUT2D eigenvalue weighted by molar-refractivity contribution is 0.962. The van der Waals surface area contributed by atoms with Crippen molar-refractivity contribution in [3.8, 4) is 5.69 Å². The summed E-state index contributed by atoms with van der Waals surface area (Å²) in [7, 11) is 0. The molecule has 3 aromatic rings. The summed E-state index contributed by atoms with van der Waals surface area (Å²) >= 11 is 2.37. The van der Waals surface area contributed by atoms with Gasteiger partial charge in [0.15, 0.2) is 0 Å². The first kappa shape index (κ1) is 17.0.